The number of hydrogen-bond acceptors (Lipinski definition) is 4. The van der Waals surface area contributed by atoms with Crippen molar-refractivity contribution in [2.75, 3.05) is 13.3 Å². The van der Waals surface area contributed by atoms with Crippen LogP contribution in [0.1, 0.15) is 30.5 Å². The van der Waals surface area contributed by atoms with Crippen molar-refractivity contribution in [3.63, 3.8) is 0 Å². The number of nitrogens with one attached hydrogen (secondary N) is 2. The van der Waals surface area contributed by atoms with Crippen molar-refractivity contribution in [3.05, 3.63) is 69.5 Å². The Morgan fingerprint density at radius 2 is 1.94 bits per heavy atom. The Kier molecular flexibility index (Phi) is 6.13. The van der Waals surface area contributed by atoms with E-state index in [0.29, 0.717) is 29.7 Å². The second-order valence-corrected chi connectivity index (χ2v) is 8.72. The van der Waals surface area contributed by atoms with Gasteiger partial charge in [-0.25, -0.2) is 0 Å². The lowest BCUT2D eigenvalue weighted by atomic mass is 10.1. The normalized spacial score (nSPS) is 12.4. The van der Waals surface area contributed by atoms with Gasteiger partial charge in [-0.2, -0.15) is 0 Å². The number of aromatic amines is 1. The average molecular weight is 438 g/mol. The monoisotopic (exact) mass is 437 g/mol. The third-order valence-corrected chi connectivity index (χ3v) is 5.60. The third-order valence-electron chi connectivity index (χ3n) is 5.20. The first-order chi connectivity index (χ1) is 14.9. The predicted molar refractivity (Wildman–Crippen MR) is 127 cm³/mol. The van der Waals surface area contributed by atoms with Crippen LogP contribution >= 0.6 is 12.2 Å². The lowest BCUT2D eigenvalue weighted by Crippen LogP contribution is -2.41. The molecule has 3 aromatic rings. The van der Waals surface area contributed by atoms with Gasteiger partial charge in [0, 0.05) is 24.2 Å². The second-order valence-electron chi connectivity index (χ2n) is 8.34. The summed E-state index contributed by atoms with van der Waals surface area (Å²) in [5, 5.41) is 4.96. The summed E-state index contributed by atoms with van der Waals surface area (Å²) >= 11 is 5.70. The molecule has 1 aliphatic rings. The summed E-state index contributed by atoms with van der Waals surface area (Å²) in [6.45, 7) is 8.26. The molecule has 0 radical (unpaired) electrons. The Morgan fingerprint density at radius 3 is 2.74 bits per heavy atom. The molecule has 0 aliphatic carbocycles. The molecule has 0 bridgehead atoms. The number of H-pyrrole nitrogens is 1. The summed E-state index contributed by atoms with van der Waals surface area (Å²) in [6.07, 6.45) is 0. The Labute approximate surface area is 187 Å². The van der Waals surface area contributed by atoms with Crippen molar-refractivity contribution in [3.8, 4) is 11.5 Å². The predicted octanol–water partition coefficient (Wildman–Crippen LogP) is 4.10. The van der Waals surface area contributed by atoms with Gasteiger partial charge in [0.15, 0.2) is 16.6 Å². The minimum atomic E-state index is -0.0984. The molecule has 0 saturated heterocycles. The standard InChI is InChI=1S/C24H27N3O3S/c1-15(2)11-25-24(31)27(12-17-5-7-21-22(9-17)30-14-29-21)13-19-10-18-8-16(3)4-6-20(18)26-23(19)28/h4-10,15H,11-14H2,1-3H3,(H,25,31)(H,26,28). The van der Waals surface area contributed by atoms with E-state index in [0.717, 1.165) is 40.1 Å². The Balaban J connectivity index is 1.62. The van der Waals surface area contributed by atoms with Gasteiger partial charge in [-0.05, 0) is 66.3 Å². The van der Waals surface area contributed by atoms with Gasteiger partial charge >= 0.3 is 0 Å². The van der Waals surface area contributed by atoms with E-state index in [-0.39, 0.29) is 12.4 Å². The van der Waals surface area contributed by atoms with E-state index in [1.165, 1.54) is 0 Å². The molecule has 0 amide bonds. The molecule has 2 N–H and O–H groups in total. The Bertz CT molecular complexity index is 1170. The maximum atomic E-state index is 12.8. The summed E-state index contributed by atoms with van der Waals surface area (Å²) in [7, 11) is 0. The van der Waals surface area contributed by atoms with Crippen LogP contribution in [-0.2, 0) is 13.1 Å². The zero-order valence-corrected chi connectivity index (χ0v) is 18.8. The lowest BCUT2D eigenvalue weighted by Gasteiger charge is -2.26. The molecule has 31 heavy (non-hydrogen) atoms. The number of ether oxygens (including phenoxy) is 2. The molecule has 1 aromatic heterocycles. The topological polar surface area (TPSA) is 66.6 Å². The number of hydrogen-bond donors (Lipinski definition) is 2. The first-order valence-electron chi connectivity index (χ1n) is 10.4. The molecule has 0 fully saturated rings. The number of aromatic nitrogens is 1. The van der Waals surface area contributed by atoms with Crippen LogP contribution in [-0.4, -0.2) is 28.3 Å². The van der Waals surface area contributed by atoms with E-state index in [9.17, 15) is 4.79 Å². The number of aryl methyl sites for hydroxylation is 1. The van der Waals surface area contributed by atoms with E-state index in [4.69, 9.17) is 21.7 Å². The Hall–Kier alpha value is -3.06. The highest BCUT2D eigenvalue weighted by molar-refractivity contribution is 7.80. The highest BCUT2D eigenvalue weighted by Crippen LogP contribution is 2.33. The fraction of sp³-hybridized carbons (Fsp3) is 0.333. The van der Waals surface area contributed by atoms with Crippen LogP contribution in [0.5, 0.6) is 11.5 Å². The highest BCUT2D eigenvalue weighted by Gasteiger charge is 2.18. The molecule has 6 nitrogen and oxygen atoms in total. The van der Waals surface area contributed by atoms with Gasteiger partial charge in [-0.1, -0.05) is 31.5 Å². The maximum absolute atomic E-state index is 12.8. The smallest absolute Gasteiger partial charge is 0.253 e. The Morgan fingerprint density at radius 1 is 1.13 bits per heavy atom. The summed E-state index contributed by atoms with van der Waals surface area (Å²) in [4.78, 5) is 17.8. The molecular weight excluding hydrogens is 410 g/mol. The van der Waals surface area contributed by atoms with Crippen LogP contribution in [0.3, 0.4) is 0 Å². The van der Waals surface area contributed by atoms with Crippen LogP contribution in [0.15, 0.2) is 47.3 Å². The summed E-state index contributed by atoms with van der Waals surface area (Å²) in [5.74, 6) is 1.94. The highest BCUT2D eigenvalue weighted by atomic mass is 32.1. The van der Waals surface area contributed by atoms with Crippen LogP contribution < -0.4 is 20.3 Å². The molecule has 2 heterocycles. The molecule has 7 heteroatoms. The fourth-order valence-corrected chi connectivity index (χ4v) is 3.77. The zero-order valence-electron chi connectivity index (χ0n) is 18.0. The maximum Gasteiger partial charge on any atom is 0.253 e. The average Bonchev–Trinajstić information content (AvgIpc) is 3.20. The van der Waals surface area contributed by atoms with E-state index in [2.05, 4.69) is 30.2 Å². The van der Waals surface area contributed by atoms with Crippen LogP contribution in [0.25, 0.3) is 10.9 Å². The first-order valence-corrected chi connectivity index (χ1v) is 10.8. The van der Waals surface area contributed by atoms with E-state index in [1.807, 2.05) is 48.2 Å². The molecule has 0 unspecified atom stereocenters. The van der Waals surface area contributed by atoms with E-state index in [1.54, 1.807) is 0 Å². The third kappa shape index (κ3) is 4.99. The van der Waals surface area contributed by atoms with Crippen molar-refractivity contribution in [1.29, 1.82) is 0 Å². The van der Waals surface area contributed by atoms with Gasteiger partial charge < -0.3 is 24.7 Å². The summed E-state index contributed by atoms with van der Waals surface area (Å²) in [6, 6.07) is 13.8. The molecule has 0 spiro atoms. The lowest BCUT2D eigenvalue weighted by molar-refractivity contribution is 0.174. The number of benzene rings is 2. The van der Waals surface area contributed by atoms with Gasteiger partial charge in [-0.15, -0.1) is 0 Å². The molecule has 4 rings (SSSR count). The first kappa shape index (κ1) is 21.2. The summed E-state index contributed by atoms with van der Waals surface area (Å²) in [5.41, 5.74) is 3.59. The van der Waals surface area contributed by atoms with Gasteiger partial charge in [0.25, 0.3) is 5.56 Å². The van der Waals surface area contributed by atoms with Crippen molar-refractivity contribution in [1.82, 2.24) is 15.2 Å². The van der Waals surface area contributed by atoms with E-state index < -0.39 is 0 Å². The number of thiocarbonyl (C=S) groups is 1. The van der Waals surface area contributed by atoms with Crippen LogP contribution in [0, 0.1) is 12.8 Å². The van der Waals surface area contributed by atoms with Gasteiger partial charge in [0.2, 0.25) is 6.79 Å². The molecule has 2 aromatic carbocycles. The van der Waals surface area contributed by atoms with Gasteiger partial charge in [0.1, 0.15) is 0 Å². The van der Waals surface area contributed by atoms with E-state index >= 15 is 0 Å². The van der Waals surface area contributed by atoms with Crippen molar-refractivity contribution in [2.45, 2.75) is 33.9 Å². The van der Waals surface area contributed by atoms with Crippen molar-refractivity contribution < 1.29 is 9.47 Å². The molecular formula is C24H27N3O3S. The molecule has 0 atom stereocenters. The van der Waals surface area contributed by atoms with Crippen LogP contribution in [0.2, 0.25) is 0 Å². The number of pyridine rings is 1. The van der Waals surface area contributed by atoms with Gasteiger partial charge in [0.05, 0.1) is 6.54 Å². The minimum absolute atomic E-state index is 0.0984. The van der Waals surface area contributed by atoms with Crippen LogP contribution in [0.4, 0.5) is 0 Å². The fourth-order valence-electron chi connectivity index (χ4n) is 3.56. The SMILES string of the molecule is Cc1ccc2[nH]c(=O)c(CN(Cc3ccc4c(c3)OCO4)C(=S)NCC(C)C)cc2c1. The quantitative estimate of drug-likeness (QED) is 0.566. The minimum Gasteiger partial charge on any atom is -0.454 e. The number of fused-ring (bicyclic) bond motifs is 2. The van der Waals surface area contributed by atoms with Gasteiger partial charge in [-0.3, -0.25) is 4.79 Å². The second kappa shape index (κ2) is 8.98. The molecule has 1 aliphatic heterocycles. The summed E-state index contributed by atoms with van der Waals surface area (Å²) < 4.78 is 10.9. The molecule has 0 saturated carbocycles. The number of nitrogens with zero attached hydrogens (tertiary/aromatic N) is 1. The van der Waals surface area contributed by atoms with Crippen molar-refractivity contribution in [2.24, 2.45) is 5.92 Å². The number of rotatable bonds is 6. The largest absolute Gasteiger partial charge is 0.454 e. The molecule has 162 valence electrons. The zero-order chi connectivity index (χ0) is 22.0. The van der Waals surface area contributed by atoms with Crippen molar-refractivity contribution >= 4 is 28.2 Å².